The van der Waals surface area contributed by atoms with Crippen LogP contribution in [0.25, 0.3) is 0 Å². The molecule has 0 bridgehead atoms. The first-order valence-electron chi connectivity index (χ1n) is 8.60. The van der Waals surface area contributed by atoms with Gasteiger partial charge in [-0.05, 0) is 43.8 Å². The number of aromatic nitrogens is 2. The summed E-state index contributed by atoms with van der Waals surface area (Å²) in [6.07, 6.45) is 4.68. The zero-order valence-electron chi connectivity index (χ0n) is 14.6. The van der Waals surface area contributed by atoms with Gasteiger partial charge in [-0.15, -0.1) is 0 Å². The molecule has 1 fully saturated rings. The summed E-state index contributed by atoms with van der Waals surface area (Å²) in [5, 5.41) is 2.94. The van der Waals surface area contributed by atoms with Crippen LogP contribution in [0.15, 0.2) is 36.7 Å². The highest BCUT2D eigenvalue weighted by molar-refractivity contribution is 5.92. The molecule has 0 saturated carbocycles. The van der Waals surface area contributed by atoms with E-state index >= 15 is 0 Å². The zero-order valence-corrected chi connectivity index (χ0v) is 14.6. The summed E-state index contributed by atoms with van der Waals surface area (Å²) in [5.41, 5.74) is 0.792. The molecule has 1 aromatic heterocycles. The van der Waals surface area contributed by atoms with Crippen molar-refractivity contribution in [3.63, 3.8) is 0 Å². The van der Waals surface area contributed by atoms with Gasteiger partial charge in [0.2, 0.25) is 5.91 Å². The smallest absolute Gasteiger partial charge is 0.238 e. The number of hydrogen-bond acceptors (Lipinski definition) is 5. The number of carbonyl (C=O) groups excluding carboxylic acids is 1. The van der Waals surface area contributed by atoms with E-state index in [1.54, 1.807) is 13.3 Å². The van der Waals surface area contributed by atoms with Crippen LogP contribution in [0.5, 0.6) is 5.75 Å². The molecule has 7 nitrogen and oxygen atoms in total. The van der Waals surface area contributed by atoms with Crippen molar-refractivity contribution in [2.24, 2.45) is 0 Å². The van der Waals surface area contributed by atoms with Crippen molar-refractivity contribution < 1.29 is 9.53 Å². The van der Waals surface area contributed by atoms with Crippen molar-refractivity contribution in [3.05, 3.63) is 42.5 Å². The van der Waals surface area contributed by atoms with E-state index in [-0.39, 0.29) is 5.91 Å². The molecule has 1 aliphatic heterocycles. The van der Waals surface area contributed by atoms with Crippen LogP contribution in [0.3, 0.4) is 0 Å². The first-order valence-corrected chi connectivity index (χ1v) is 8.60. The Labute approximate surface area is 148 Å². The van der Waals surface area contributed by atoms with Crippen LogP contribution in [0.4, 0.5) is 5.69 Å². The van der Waals surface area contributed by atoms with Gasteiger partial charge in [-0.25, -0.2) is 4.98 Å². The average molecular weight is 343 g/mol. The number of methoxy groups -OCH3 is 1. The van der Waals surface area contributed by atoms with Gasteiger partial charge in [0.05, 0.1) is 20.2 Å². The van der Waals surface area contributed by atoms with Crippen LogP contribution in [0, 0.1) is 0 Å². The molecule has 25 heavy (non-hydrogen) atoms. The lowest BCUT2D eigenvalue weighted by Crippen LogP contribution is -2.36. The number of H-pyrrole nitrogens is 1. The van der Waals surface area contributed by atoms with Crippen LogP contribution in [-0.4, -0.2) is 65.5 Å². The second-order valence-electron chi connectivity index (χ2n) is 6.22. The Balaban J connectivity index is 1.45. The quantitative estimate of drug-likeness (QED) is 0.833. The Morgan fingerprint density at radius 3 is 2.68 bits per heavy atom. The maximum Gasteiger partial charge on any atom is 0.238 e. The fourth-order valence-electron chi connectivity index (χ4n) is 3.01. The monoisotopic (exact) mass is 343 g/mol. The zero-order chi connectivity index (χ0) is 17.5. The van der Waals surface area contributed by atoms with Gasteiger partial charge in [-0.1, -0.05) is 0 Å². The van der Waals surface area contributed by atoms with Gasteiger partial charge in [0.15, 0.2) is 0 Å². The minimum absolute atomic E-state index is 0.0182. The van der Waals surface area contributed by atoms with Crippen molar-refractivity contribution in [1.82, 2.24) is 19.8 Å². The highest BCUT2D eigenvalue weighted by Gasteiger charge is 2.17. The highest BCUT2D eigenvalue weighted by atomic mass is 16.5. The molecule has 2 aromatic rings. The summed E-state index contributed by atoms with van der Waals surface area (Å²) in [4.78, 5) is 24.3. The van der Waals surface area contributed by atoms with Crippen LogP contribution < -0.4 is 10.1 Å². The van der Waals surface area contributed by atoms with Gasteiger partial charge < -0.3 is 15.0 Å². The first kappa shape index (κ1) is 17.4. The Bertz CT molecular complexity index is 657. The number of aromatic amines is 1. The third-order valence-corrected chi connectivity index (χ3v) is 4.35. The molecule has 134 valence electrons. The van der Waals surface area contributed by atoms with Crippen molar-refractivity contribution >= 4 is 11.6 Å². The molecule has 7 heteroatoms. The predicted molar refractivity (Wildman–Crippen MR) is 96.5 cm³/mol. The number of amides is 1. The van der Waals surface area contributed by atoms with Crippen LogP contribution in [0.1, 0.15) is 12.2 Å². The van der Waals surface area contributed by atoms with Gasteiger partial charge >= 0.3 is 0 Å². The summed E-state index contributed by atoms with van der Waals surface area (Å²) in [5.74, 6) is 1.79. The molecular formula is C18H25N5O2. The Kier molecular flexibility index (Phi) is 6.03. The lowest BCUT2D eigenvalue weighted by atomic mass is 10.3. The van der Waals surface area contributed by atoms with Crippen LogP contribution >= 0.6 is 0 Å². The van der Waals surface area contributed by atoms with E-state index < -0.39 is 0 Å². The van der Waals surface area contributed by atoms with Crippen LogP contribution in [0.2, 0.25) is 0 Å². The van der Waals surface area contributed by atoms with E-state index in [4.69, 9.17) is 4.74 Å². The molecule has 1 amide bonds. The number of hydrogen-bond donors (Lipinski definition) is 2. The molecule has 3 rings (SSSR count). The van der Waals surface area contributed by atoms with E-state index in [2.05, 4.69) is 25.1 Å². The molecule has 0 unspecified atom stereocenters. The van der Waals surface area contributed by atoms with Gasteiger partial charge in [-0.3, -0.25) is 14.6 Å². The summed E-state index contributed by atoms with van der Waals surface area (Å²) in [6.45, 7) is 5.04. The van der Waals surface area contributed by atoms with Crippen molar-refractivity contribution in [1.29, 1.82) is 0 Å². The molecule has 2 N–H and O–H groups in total. The standard InChI is InChI=1S/C18H25N5O2/c1-25-16-5-3-15(4-6-16)21-18(24)14-23-10-2-9-22(11-12-23)13-17-19-7-8-20-17/h3-8H,2,9-14H2,1H3,(H,19,20)(H,21,24). The molecule has 1 aliphatic rings. The number of carbonyl (C=O) groups is 1. The third-order valence-electron chi connectivity index (χ3n) is 4.35. The van der Waals surface area contributed by atoms with E-state index in [1.165, 1.54) is 0 Å². The lowest BCUT2D eigenvalue weighted by molar-refractivity contribution is -0.117. The minimum atomic E-state index is 0.0182. The largest absolute Gasteiger partial charge is 0.497 e. The summed E-state index contributed by atoms with van der Waals surface area (Å²) < 4.78 is 5.12. The first-order chi connectivity index (χ1) is 12.2. The predicted octanol–water partition coefficient (Wildman–Crippen LogP) is 1.56. The number of benzene rings is 1. The number of anilines is 1. The second kappa shape index (κ2) is 8.64. The SMILES string of the molecule is COc1ccc(NC(=O)CN2CCCN(Cc3ncc[nH]3)CC2)cc1. The lowest BCUT2D eigenvalue weighted by Gasteiger charge is -2.20. The van der Waals surface area contributed by atoms with Gasteiger partial charge in [0.1, 0.15) is 11.6 Å². The number of ether oxygens (including phenoxy) is 1. The molecule has 0 spiro atoms. The van der Waals surface area contributed by atoms with Crippen molar-refractivity contribution in [3.8, 4) is 5.75 Å². The maximum atomic E-state index is 12.3. The second-order valence-corrected chi connectivity index (χ2v) is 6.22. The Morgan fingerprint density at radius 1 is 1.20 bits per heavy atom. The number of rotatable bonds is 6. The van der Waals surface area contributed by atoms with Gasteiger partial charge in [0, 0.05) is 31.2 Å². The highest BCUT2D eigenvalue weighted by Crippen LogP contribution is 2.15. The summed E-state index contributed by atoms with van der Waals surface area (Å²) in [6, 6.07) is 7.39. The normalized spacial score (nSPS) is 16.4. The Hall–Kier alpha value is -2.38. The van der Waals surface area contributed by atoms with Crippen molar-refractivity contribution in [2.45, 2.75) is 13.0 Å². The fraction of sp³-hybridized carbons (Fsp3) is 0.444. The van der Waals surface area contributed by atoms with E-state index in [1.807, 2.05) is 30.5 Å². The minimum Gasteiger partial charge on any atom is -0.497 e. The topological polar surface area (TPSA) is 73.5 Å². The fourth-order valence-corrected chi connectivity index (χ4v) is 3.01. The summed E-state index contributed by atoms with van der Waals surface area (Å²) >= 11 is 0. The average Bonchev–Trinajstić information content (AvgIpc) is 3.03. The number of nitrogens with zero attached hydrogens (tertiary/aromatic N) is 3. The molecule has 0 aliphatic carbocycles. The van der Waals surface area contributed by atoms with Crippen LogP contribution in [-0.2, 0) is 11.3 Å². The molecule has 1 aromatic carbocycles. The maximum absolute atomic E-state index is 12.3. The summed E-state index contributed by atoms with van der Waals surface area (Å²) in [7, 11) is 1.63. The Morgan fingerprint density at radius 2 is 1.96 bits per heavy atom. The van der Waals surface area contributed by atoms with E-state index in [0.717, 1.165) is 56.4 Å². The molecule has 1 saturated heterocycles. The van der Waals surface area contributed by atoms with Crippen molar-refractivity contribution in [2.75, 3.05) is 45.2 Å². The molecule has 0 atom stereocenters. The third kappa shape index (κ3) is 5.30. The molecular weight excluding hydrogens is 318 g/mol. The molecule has 0 radical (unpaired) electrons. The van der Waals surface area contributed by atoms with E-state index in [0.29, 0.717) is 6.54 Å². The number of nitrogens with one attached hydrogen (secondary N) is 2. The van der Waals surface area contributed by atoms with E-state index in [9.17, 15) is 4.79 Å². The van der Waals surface area contributed by atoms with Gasteiger partial charge in [-0.2, -0.15) is 0 Å². The number of imidazole rings is 1. The molecule has 2 heterocycles. The van der Waals surface area contributed by atoms with Gasteiger partial charge in [0.25, 0.3) is 0 Å².